The number of amides is 1. The number of methoxy groups -OCH3 is 1. The second kappa shape index (κ2) is 10.3. The maximum atomic E-state index is 14.2. The molecule has 1 atom stereocenters. The van der Waals surface area contributed by atoms with Gasteiger partial charge in [-0.05, 0) is 25.0 Å². The number of carbonyl (C=O) groups excluding carboxylic acids is 1. The number of imidazole rings is 1. The first-order valence-corrected chi connectivity index (χ1v) is 12.1. The summed E-state index contributed by atoms with van der Waals surface area (Å²) in [5.74, 6) is -0.0358. The molecule has 3 aromatic rings. The van der Waals surface area contributed by atoms with Crippen LogP contribution in [0.1, 0.15) is 25.1 Å². The average Bonchev–Trinajstić information content (AvgIpc) is 3.53. The zero-order valence-electron chi connectivity index (χ0n) is 19.5. The number of para-hydroxylation sites is 1. The van der Waals surface area contributed by atoms with Crippen molar-refractivity contribution in [1.82, 2.24) is 29.8 Å². The molecule has 14 heteroatoms. The molecular formula is C22H25ClF2N8O3. The van der Waals surface area contributed by atoms with E-state index in [2.05, 4.69) is 25.3 Å². The lowest BCUT2D eigenvalue weighted by Gasteiger charge is -2.29. The lowest BCUT2D eigenvalue weighted by atomic mass is 10.3. The Morgan fingerprint density at radius 3 is 2.64 bits per heavy atom. The van der Waals surface area contributed by atoms with Crippen LogP contribution in [0.25, 0.3) is 17.0 Å². The zero-order chi connectivity index (χ0) is 25.2. The third-order valence-corrected chi connectivity index (χ3v) is 6.38. The quantitative estimate of drug-likeness (QED) is 0.467. The summed E-state index contributed by atoms with van der Waals surface area (Å²) in [6, 6.07) is 5.01. The Labute approximate surface area is 210 Å². The number of anilines is 2. The van der Waals surface area contributed by atoms with Gasteiger partial charge in [0.1, 0.15) is 23.3 Å². The molecule has 0 spiro atoms. The van der Waals surface area contributed by atoms with Gasteiger partial charge in [0.25, 0.3) is 6.43 Å². The average molecular weight is 523 g/mol. The highest BCUT2D eigenvalue weighted by Gasteiger charge is 2.31. The summed E-state index contributed by atoms with van der Waals surface area (Å²) in [4.78, 5) is 33.7. The first kappa shape index (κ1) is 24.4. The van der Waals surface area contributed by atoms with E-state index in [0.29, 0.717) is 56.5 Å². The van der Waals surface area contributed by atoms with E-state index in [0.717, 1.165) is 6.42 Å². The topological polar surface area (TPSA) is 111 Å². The molecule has 0 bridgehead atoms. The number of alkyl halides is 3. The molecule has 0 radical (unpaired) electrons. The standard InChI is InChI=1S/C22H25ClF2N8O3/c1-35-14-5-2-4-13-17(14)27-19(18(24)25)33(13)22-29-20(31-8-10-36-11-9-31)28-21(30-22)32-7-3-6-15(32)26-16(34)12-23/h2,4-5,15,18H,3,6-12H2,1H3,(H,26,34)/t15-/m1/s1. The van der Waals surface area contributed by atoms with Crippen LogP contribution in [0, 0.1) is 0 Å². The lowest BCUT2D eigenvalue weighted by Crippen LogP contribution is -2.46. The van der Waals surface area contributed by atoms with Crippen molar-refractivity contribution in [2.24, 2.45) is 0 Å². The lowest BCUT2D eigenvalue weighted by molar-refractivity contribution is -0.119. The van der Waals surface area contributed by atoms with E-state index in [1.54, 1.807) is 18.2 Å². The van der Waals surface area contributed by atoms with Crippen LogP contribution in [0.3, 0.4) is 0 Å². The minimum Gasteiger partial charge on any atom is -0.494 e. The van der Waals surface area contributed by atoms with E-state index in [-0.39, 0.29) is 35.4 Å². The molecule has 5 rings (SSSR count). The minimum absolute atomic E-state index is 0.00173. The van der Waals surface area contributed by atoms with Gasteiger partial charge in [-0.1, -0.05) is 6.07 Å². The van der Waals surface area contributed by atoms with Gasteiger partial charge in [-0.15, -0.1) is 11.6 Å². The second-order valence-corrected chi connectivity index (χ2v) is 8.59. The molecule has 11 nitrogen and oxygen atoms in total. The summed E-state index contributed by atoms with van der Waals surface area (Å²) in [5, 5.41) is 2.87. The summed E-state index contributed by atoms with van der Waals surface area (Å²) in [5.41, 5.74) is 0.654. The number of nitrogens with zero attached hydrogens (tertiary/aromatic N) is 7. The molecule has 2 aliphatic heterocycles. The van der Waals surface area contributed by atoms with Gasteiger partial charge in [0.05, 0.1) is 25.8 Å². The fourth-order valence-electron chi connectivity index (χ4n) is 4.47. The fourth-order valence-corrected chi connectivity index (χ4v) is 4.55. The highest BCUT2D eigenvalue weighted by molar-refractivity contribution is 6.27. The highest BCUT2D eigenvalue weighted by Crippen LogP contribution is 2.33. The van der Waals surface area contributed by atoms with Gasteiger partial charge in [0, 0.05) is 19.6 Å². The van der Waals surface area contributed by atoms with Gasteiger partial charge in [-0.25, -0.2) is 13.8 Å². The number of ether oxygens (including phenoxy) is 2. The molecule has 0 saturated carbocycles. The van der Waals surface area contributed by atoms with Crippen molar-refractivity contribution in [3.05, 3.63) is 24.0 Å². The van der Waals surface area contributed by atoms with E-state index < -0.39 is 12.2 Å². The Morgan fingerprint density at radius 2 is 1.92 bits per heavy atom. The molecule has 36 heavy (non-hydrogen) atoms. The van der Waals surface area contributed by atoms with Crippen LogP contribution in [0.15, 0.2) is 18.2 Å². The summed E-state index contributed by atoms with van der Waals surface area (Å²) in [6.45, 7) is 2.62. The molecular weight excluding hydrogens is 498 g/mol. The van der Waals surface area contributed by atoms with Gasteiger partial charge >= 0.3 is 0 Å². The smallest absolute Gasteiger partial charge is 0.296 e. The summed E-state index contributed by atoms with van der Waals surface area (Å²) in [6.07, 6.45) is -1.81. The van der Waals surface area contributed by atoms with Crippen molar-refractivity contribution < 1.29 is 23.0 Å². The molecule has 0 unspecified atom stereocenters. The molecule has 0 aliphatic carbocycles. The predicted octanol–water partition coefficient (Wildman–Crippen LogP) is 2.27. The number of halogens is 3. The molecule has 1 N–H and O–H groups in total. The van der Waals surface area contributed by atoms with Crippen molar-refractivity contribution in [2.45, 2.75) is 25.4 Å². The van der Waals surface area contributed by atoms with Crippen molar-refractivity contribution in [1.29, 1.82) is 0 Å². The Balaban J connectivity index is 1.67. The number of hydrogen-bond acceptors (Lipinski definition) is 9. The van der Waals surface area contributed by atoms with Crippen LogP contribution in [0.2, 0.25) is 0 Å². The van der Waals surface area contributed by atoms with Crippen molar-refractivity contribution in [3.8, 4) is 11.7 Å². The third-order valence-electron chi connectivity index (χ3n) is 6.14. The number of aromatic nitrogens is 5. The van der Waals surface area contributed by atoms with Crippen LogP contribution < -0.4 is 19.9 Å². The van der Waals surface area contributed by atoms with Gasteiger partial charge in [0.15, 0.2) is 5.82 Å². The van der Waals surface area contributed by atoms with E-state index >= 15 is 0 Å². The third kappa shape index (κ3) is 4.60. The number of nitrogens with one attached hydrogen (secondary N) is 1. The molecule has 4 heterocycles. The largest absolute Gasteiger partial charge is 0.494 e. The molecule has 1 amide bonds. The normalized spacial score (nSPS) is 18.3. The number of benzene rings is 1. The molecule has 2 aliphatic rings. The maximum absolute atomic E-state index is 14.2. The molecule has 2 aromatic heterocycles. The van der Waals surface area contributed by atoms with Crippen molar-refractivity contribution >= 4 is 40.4 Å². The van der Waals surface area contributed by atoms with Crippen molar-refractivity contribution in [3.63, 3.8) is 0 Å². The SMILES string of the molecule is COc1cccc2c1nc(C(F)F)n2-c1nc(N2CCOCC2)nc(N2CCC[C@@H]2NC(=O)CCl)n1. The Bertz CT molecular complexity index is 1250. The van der Waals surface area contributed by atoms with E-state index in [1.165, 1.54) is 11.7 Å². The summed E-state index contributed by atoms with van der Waals surface area (Å²) in [7, 11) is 1.45. The maximum Gasteiger partial charge on any atom is 0.296 e. The number of rotatable bonds is 7. The summed E-state index contributed by atoms with van der Waals surface area (Å²) < 4.78 is 40.4. The number of carbonyl (C=O) groups is 1. The van der Waals surface area contributed by atoms with Crippen molar-refractivity contribution in [2.75, 3.05) is 55.6 Å². The van der Waals surface area contributed by atoms with E-state index in [1.807, 2.05) is 9.80 Å². The minimum atomic E-state index is -2.89. The van der Waals surface area contributed by atoms with E-state index in [9.17, 15) is 13.6 Å². The Hall–Kier alpha value is -3.32. The van der Waals surface area contributed by atoms with Crippen LogP contribution in [-0.2, 0) is 9.53 Å². The molecule has 192 valence electrons. The summed E-state index contributed by atoms with van der Waals surface area (Å²) >= 11 is 5.69. The van der Waals surface area contributed by atoms with Gasteiger partial charge in [-0.3, -0.25) is 9.36 Å². The molecule has 1 aromatic carbocycles. The van der Waals surface area contributed by atoms with Crippen LogP contribution in [0.4, 0.5) is 20.7 Å². The zero-order valence-corrected chi connectivity index (χ0v) is 20.3. The number of hydrogen-bond donors (Lipinski definition) is 1. The van der Waals surface area contributed by atoms with Gasteiger partial charge < -0.3 is 24.6 Å². The van der Waals surface area contributed by atoms with E-state index in [4.69, 9.17) is 21.1 Å². The number of fused-ring (bicyclic) bond motifs is 1. The Kier molecular flexibility index (Phi) is 7.01. The first-order valence-electron chi connectivity index (χ1n) is 11.5. The van der Waals surface area contributed by atoms with Crippen LogP contribution >= 0.6 is 11.6 Å². The Morgan fingerprint density at radius 1 is 1.17 bits per heavy atom. The number of morpholine rings is 1. The molecule has 2 fully saturated rings. The van der Waals surface area contributed by atoms with Gasteiger partial charge in [0.2, 0.25) is 23.8 Å². The van der Waals surface area contributed by atoms with Crippen LogP contribution in [-0.4, -0.2) is 82.4 Å². The first-order chi connectivity index (χ1) is 17.5. The van der Waals surface area contributed by atoms with Crippen LogP contribution in [0.5, 0.6) is 5.75 Å². The highest BCUT2D eigenvalue weighted by atomic mass is 35.5. The molecule has 2 saturated heterocycles. The fraction of sp³-hybridized carbons (Fsp3) is 0.500. The van der Waals surface area contributed by atoms with Gasteiger partial charge in [-0.2, -0.15) is 15.0 Å². The predicted molar refractivity (Wildman–Crippen MR) is 128 cm³/mol. The second-order valence-electron chi connectivity index (χ2n) is 8.32. The monoisotopic (exact) mass is 522 g/mol.